The zero-order valence-electron chi connectivity index (χ0n) is 11.6. The summed E-state index contributed by atoms with van der Waals surface area (Å²) in [6, 6.07) is 16.4. The van der Waals surface area contributed by atoms with Crippen molar-refractivity contribution in [3.63, 3.8) is 0 Å². The molecule has 0 radical (unpaired) electrons. The van der Waals surface area contributed by atoms with Gasteiger partial charge in [-0.2, -0.15) is 0 Å². The van der Waals surface area contributed by atoms with Crippen LogP contribution in [0.2, 0.25) is 5.02 Å². The van der Waals surface area contributed by atoms with Crippen LogP contribution in [0.1, 0.15) is 29.7 Å². The Bertz CT molecular complexity index is 643. The van der Waals surface area contributed by atoms with Crippen molar-refractivity contribution in [2.75, 3.05) is 7.11 Å². The van der Waals surface area contributed by atoms with Crippen molar-refractivity contribution in [2.45, 2.75) is 13.0 Å². The number of ether oxygens (including phenoxy) is 1. The van der Waals surface area contributed by atoms with E-state index in [1.807, 2.05) is 24.3 Å². The molecule has 0 spiro atoms. The third kappa shape index (κ3) is 2.28. The molecule has 0 aromatic heterocycles. The minimum absolute atomic E-state index is 0.143. The third-order valence-corrected chi connectivity index (χ3v) is 4.22. The van der Waals surface area contributed by atoms with E-state index in [0.717, 1.165) is 5.02 Å². The molecule has 0 fully saturated rings. The Balaban J connectivity index is 2.07. The van der Waals surface area contributed by atoms with Crippen LogP contribution in [0.3, 0.4) is 0 Å². The largest absolute Gasteiger partial charge is 0.376 e. The van der Waals surface area contributed by atoms with E-state index in [2.05, 4.69) is 37.3 Å². The van der Waals surface area contributed by atoms with Crippen LogP contribution < -0.4 is 0 Å². The molecule has 102 valence electrons. The summed E-state index contributed by atoms with van der Waals surface area (Å²) in [5.74, 6) is 0.355. The van der Waals surface area contributed by atoms with Crippen LogP contribution in [0.15, 0.2) is 48.5 Å². The molecule has 20 heavy (non-hydrogen) atoms. The second-order valence-corrected chi connectivity index (χ2v) is 5.62. The average molecular weight is 285 g/mol. The summed E-state index contributed by atoms with van der Waals surface area (Å²) < 4.78 is 5.67. The summed E-state index contributed by atoms with van der Waals surface area (Å²) in [6.07, 6.45) is 2.38. The molecule has 2 heteroatoms. The quantitative estimate of drug-likeness (QED) is 0.735. The molecule has 0 saturated carbocycles. The van der Waals surface area contributed by atoms with Crippen LogP contribution in [-0.4, -0.2) is 7.11 Å². The molecule has 0 heterocycles. The van der Waals surface area contributed by atoms with Crippen LogP contribution in [0.25, 0.3) is 11.6 Å². The van der Waals surface area contributed by atoms with Crippen molar-refractivity contribution in [3.8, 4) is 0 Å². The Hall–Kier alpha value is -1.57. The summed E-state index contributed by atoms with van der Waals surface area (Å²) in [5, 5.41) is 0.766. The number of hydrogen-bond donors (Lipinski definition) is 0. The van der Waals surface area contributed by atoms with E-state index in [9.17, 15) is 0 Å². The number of halogens is 1. The van der Waals surface area contributed by atoms with Gasteiger partial charge in [-0.15, -0.1) is 0 Å². The molecule has 0 amide bonds. The fourth-order valence-corrected chi connectivity index (χ4v) is 3.09. The van der Waals surface area contributed by atoms with E-state index >= 15 is 0 Å². The number of benzene rings is 2. The molecule has 1 aliphatic carbocycles. The van der Waals surface area contributed by atoms with E-state index in [0.29, 0.717) is 5.92 Å². The van der Waals surface area contributed by atoms with Gasteiger partial charge >= 0.3 is 0 Å². The molecule has 0 aliphatic heterocycles. The van der Waals surface area contributed by atoms with Crippen molar-refractivity contribution in [1.29, 1.82) is 0 Å². The maximum Gasteiger partial charge on any atom is 0.0893 e. The van der Waals surface area contributed by atoms with Gasteiger partial charge in [0.15, 0.2) is 0 Å². The van der Waals surface area contributed by atoms with E-state index < -0.39 is 0 Å². The van der Waals surface area contributed by atoms with Gasteiger partial charge in [-0.05, 0) is 34.4 Å². The Morgan fingerprint density at radius 1 is 1.05 bits per heavy atom. The molecule has 0 N–H and O–H groups in total. The summed E-state index contributed by atoms with van der Waals surface area (Å²) in [6.45, 7) is 2.22. The Morgan fingerprint density at radius 3 is 2.45 bits per heavy atom. The van der Waals surface area contributed by atoms with Gasteiger partial charge in [-0.1, -0.05) is 61.0 Å². The van der Waals surface area contributed by atoms with Gasteiger partial charge in [0, 0.05) is 18.1 Å². The minimum Gasteiger partial charge on any atom is -0.376 e. The van der Waals surface area contributed by atoms with Gasteiger partial charge in [0.1, 0.15) is 0 Å². The van der Waals surface area contributed by atoms with Gasteiger partial charge in [-0.25, -0.2) is 0 Å². The Kier molecular flexibility index (Phi) is 3.64. The number of rotatable bonds is 2. The first kappa shape index (κ1) is 13.4. The molecule has 2 aromatic carbocycles. The maximum atomic E-state index is 5.94. The molecular weight excluding hydrogens is 268 g/mol. The standard InChI is InChI=1S/C18H17ClO/c1-12-17(11-13-7-9-14(19)10-8-13)15-5-3-4-6-16(15)18(12)20-2/h3-12,18H,1-2H3. The predicted octanol–water partition coefficient (Wildman–Crippen LogP) is 5.22. The topological polar surface area (TPSA) is 9.23 Å². The highest BCUT2D eigenvalue weighted by Crippen LogP contribution is 2.46. The van der Waals surface area contributed by atoms with Crippen molar-refractivity contribution in [3.05, 3.63) is 70.2 Å². The minimum atomic E-state index is 0.143. The van der Waals surface area contributed by atoms with Crippen LogP contribution >= 0.6 is 11.6 Å². The highest BCUT2D eigenvalue weighted by molar-refractivity contribution is 6.30. The van der Waals surface area contributed by atoms with Crippen molar-refractivity contribution < 1.29 is 4.74 Å². The fourth-order valence-electron chi connectivity index (χ4n) is 2.96. The lowest BCUT2D eigenvalue weighted by Crippen LogP contribution is -2.04. The first-order valence-corrected chi connectivity index (χ1v) is 7.17. The lowest BCUT2D eigenvalue weighted by atomic mass is 9.98. The lowest BCUT2D eigenvalue weighted by Gasteiger charge is -2.15. The second-order valence-electron chi connectivity index (χ2n) is 5.18. The number of methoxy groups -OCH3 is 1. The van der Waals surface area contributed by atoms with E-state index in [1.54, 1.807) is 7.11 Å². The SMILES string of the molecule is COC1c2ccccc2C(=Cc2ccc(Cl)cc2)C1C. The molecule has 3 rings (SSSR count). The summed E-state index contributed by atoms with van der Waals surface area (Å²) in [5.41, 5.74) is 5.07. The average Bonchev–Trinajstić information content (AvgIpc) is 2.74. The third-order valence-electron chi connectivity index (χ3n) is 3.97. The van der Waals surface area contributed by atoms with E-state index in [1.165, 1.54) is 22.3 Å². The molecule has 1 nitrogen and oxygen atoms in total. The highest BCUT2D eigenvalue weighted by atomic mass is 35.5. The molecule has 0 bridgehead atoms. The van der Waals surface area contributed by atoms with Crippen LogP contribution in [0.5, 0.6) is 0 Å². The van der Waals surface area contributed by atoms with Gasteiger partial charge < -0.3 is 4.74 Å². The number of fused-ring (bicyclic) bond motifs is 1. The monoisotopic (exact) mass is 284 g/mol. The van der Waals surface area contributed by atoms with Crippen LogP contribution in [0, 0.1) is 5.92 Å². The molecule has 2 aromatic rings. The summed E-state index contributed by atoms with van der Waals surface area (Å²) >= 11 is 5.94. The van der Waals surface area contributed by atoms with Crippen molar-refractivity contribution >= 4 is 23.3 Å². The predicted molar refractivity (Wildman–Crippen MR) is 84.7 cm³/mol. The Labute approximate surface area is 124 Å². The number of hydrogen-bond acceptors (Lipinski definition) is 1. The molecule has 0 saturated heterocycles. The van der Waals surface area contributed by atoms with Gasteiger partial charge in [0.05, 0.1) is 6.10 Å². The second kappa shape index (κ2) is 5.43. The molecule has 2 unspecified atom stereocenters. The maximum absolute atomic E-state index is 5.94. The van der Waals surface area contributed by atoms with Crippen LogP contribution in [-0.2, 0) is 4.74 Å². The Morgan fingerprint density at radius 2 is 1.75 bits per heavy atom. The van der Waals surface area contributed by atoms with Gasteiger partial charge in [-0.3, -0.25) is 0 Å². The van der Waals surface area contributed by atoms with Crippen LogP contribution in [0.4, 0.5) is 0 Å². The normalized spacial score (nSPS) is 23.1. The van der Waals surface area contributed by atoms with Crippen molar-refractivity contribution in [1.82, 2.24) is 0 Å². The molecule has 1 aliphatic rings. The fraction of sp³-hybridized carbons (Fsp3) is 0.222. The van der Waals surface area contributed by atoms with Gasteiger partial charge in [0.25, 0.3) is 0 Å². The highest BCUT2D eigenvalue weighted by Gasteiger charge is 2.33. The smallest absolute Gasteiger partial charge is 0.0893 e. The first-order chi connectivity index (χ1) is 9.70. The summed E-state index contributed by atoms with van der Waals surface area (Å²) in [4.78, 5) is 0. The zero-order valence-corrected chi connectivity index (χ0v) is 12.4. The lowest BCUT2D eigenvalue weighted by molar-refractivity contribution is 0.0833. The van der Waals surface area contributed by atoms with E-state index in [4.69, 9.17) is 16.3 Å². The molecular formula is C18H17ClO. The van der Waals surface area contributed by atoms with Gasteiger partial charge in [0.2, 0.25) is 0 Å². The first-order valence-electron chi connectivity index (χ1n) is 6.80. The molecule has 2 atom stereocenters. The van der Waals surface area contributed by atoms with E-state index in [-0.39, 0.29) is 6.10 Å². The van der Waals surface area contributed by atoms with Crippen molar-refractivity contribution in [2.24, 2.45) is 5.92 Å². The zero-order chi connectivity index (χ0) is 14.1. The summed E-state index contributed by atoms with van der Waals surface area (Å²) in [7, 11) is 1.78.